The monoisotopic (exact) mass is 295 g/mol. The minimum Gasteiger partial charge on any atom is -0.294 e. The van der Waals surface area contributed by atoms with Crippen LogP contribution in [0, 0.1) is 6.92 Å². The number of hydrogen-bond acceptors (Lipinski definition) is 2. The third-order valence-electron chi connectivity index (χ3n) is 3.40. The number of fused-ring (bicyclic) bond motifs is 1. The second kappa shape index (κ2) is 5.66. The zero-order valence-corrected chi connectivity index (χ0v) is 12.4. The van der Waals surface area contributed by atoms with Crippen LogP contribution in [0.3, 0.4) is 0 Å². The topological polar surface area (TPSA) is 30.0 Å². The van der Waals surface area contributed by atoms with E-state index in [1.807, 2.05) is 55.5 Å². The van der Waals surface area contributed by atoms with Crippen LogP contribution in [0.25, 0.3) is 10.9 Å². The molecule has 0 aliphatic carbocycles. The van der Waals surface area contributed by atoms with Crippen molar-refractivity contribution in [2.75, 3.05) is 0 Å². The molecule has 3 rings (SSSR count). The van der Waals surface area contributed by atoms with Crippen LogP contribution in [0.5, 0.6) is 0 Å². The van der Waals surface area contributed by atoms with E-state index in [9.17, 15) is 4.79 Å². The molecule has 0 amide bonds. The summed E-state index contributed by atoms with van der Waals surface area (Å²) in [5, 5.41) is 1.64. The van der Waals surface area contributed by atoms with Gasteiger partial charge in [-0.3, -0.25) is 9.78 Å². The van der Waals surface area contributed by atoms with Crippen LogP contribution in [0.15, 0.2) is 54.6 Å². The summed E-state index contributed by atoms with van der Waals surface area (Å²) < 4.78 is 0. The number of benzene rings is 2. The third-order valence-corrected chi connectivity index (χ3v) is 3.64. The average Bonchev–Trinajstić information content (AvgIpc) is 2.46. The molecule has 104 valence electrons. The molecular weight excluding hydrogens is 282 g/mol. The molecule has 0 unspecified atom stereocenters. The summed E-state index contributed by atoms with van der Waals surface area (Å²) in [6, 6.07) is 17.0. The molecule has 1 heterocycles. The molecule has 0 aliphatic rings. The molecule has 2 nitrogen and oxygen atoms in total. The smallest absolute Gasteiger partial charge is 0.167 e. The van der Waals surface area contributed by atoms with Crippen molar-refractivity contribution in [2.45, 2.75) is 13.3 Å². The SMILES string of the molecule is Cc1ccc2cc(C(=O)Cc3cccc(Cl)c3)ccc2n1. The normalized spacial score (nSPS) is 10.8. The van der Waals surface area contributed by atoms with Crippen molar-refractivity contribution < 1.29 is 4.79 Å². The highest BCUT2D eigenvalue weighted by molar-refractivity contribution is 6.30. The summed E-state index contributed by atoms with van der Waals surface area (Å²) in [6.45, 7) is 1.96. The lowest BCUT2D eigenvalue weighted by atomic mass is 10.0. The third kappa shape index (κ3) is 3.11. The van der Waals surface area contributed by atoms with Crippen LogP contribution >= 0.6 is 11.6 Å². The van der Waals surface area contributed by atoms with Crippen LogP contribution in [0.2, 0.25) is 5.02 Å². The molecular formula is C18H14ClNO. The Bertz CT molecular complexity index is 826. The van der Waals surface area contributed by atoms with Crippen LogP contribution in [-0.4, -0.2) is 10.8 Å². The Morgan fingerprint density at radius 3 is 2.76 bits per heavy atom. The number of Topliss-reactive ketones (excluding diaryl/α,β-unsaturated/α-hetero) is 1. The molecule has 0 fully saturated rings. The average molecular weight is 296 g/mol. The first-order chi connectivity index (χ1) is 10.1. The maximum atomic E-state index is 12.4. The van der Waals surface area contributed by atoms with E-state index in [0.29, 0.717) is 17.0 Å². The molecule has 0 saturated carbocycles. The van der Waals surface area contributed by atoms with Crippen molar-refractivity contribution in [1.29, 1.82) is 0 Å². The van der Waals surface area contributed by atoms with Crippen molar-refractivity contribution >= 4 is 28.3 Å². The van der Waals surface area contributed by atoms with E-state index in [-0.39, 0.29) is 5.78 Å². The van der Waals surface area contributed by atoms with E-state index in [1.165, 1.54) is 0 Å². The fourth-order valence-electron chi connectivity index (χ4n) is 2.34. The van der Waals surface area contributed by atoms with Gasteiger partial charge in [0.25, 0.3) is 0 Å². The quantitative estimate of drug-likeness (QED) is 0.660. The van der Waals surface area contributed by atoms with Crippen molar-refractivity contribution in [3.63, 3.8) is 0 Å². The Kier molecular flexibility index (Phi) is 3.72. The molecule has 0 N–H and O–H groups in total. The van der Waals surface area contributed by atoms with Crippen molar-refractivity contribution in [1.82, 2.24) is 4.98 Å². The number of nitrogens with zero attached hydrogens (tertiary/aromatic N) is 1. The molecule has 0 atom stereocenters. The minimum atomic E-state index is 0.0831. The number of aryl methyl sites for hydroxylation is 1. The molecule has 0 bridgehead atoms. The molecule has 21 heavy (non-hydrogen) atoms. The molecule has 1 aromatic heterocycles. The second-order valence-electron chi connectivity index (χ2n) is 5.09. The zero-order valence-electron chi connectivity index (χ0n) is 11.6. The van der Waals surface area contributed by atoms with E-state index < -0.39 is 0 Å². The maximum Gasteiger partial charge on any atom is 0.167 e. The van der Waals surface area contributed by atoms with Gasteiger partial charge in [-0.05, 0) is 48.9 Å². The summed E-state index contributed by atoms with van der Waals surface area (Å²) >= 11 is 5.95. The van der Waals surface area contributed by atoms with Crippen LogP contribution in [0.1, 0.15) is 21.6 Å². The first kappa shape index (κ1) is 13.8. The molecule has 0 spiro atoms. The summed E-state index contributed by atoms with van der Waals surface area (Å²) in [5.74, 6) is 0.0831. The van der Waals surface area contributed by atoms with Crippen molar-refractivity contribution in [2.24, 2.45) is 0 Å². The van der Waals surface area contributed by atoms with Gasteiger partial charge < -0.3 is 0 Å². The Morgan fingerprint density at radius 1 is 1.10 bits per heavy atom. The van der Waals surface area contributed by atoms with Gasteiger partial charge in [0.1, 0.15) is 0 Å². The number of ketones is 1. The maximum absolute atomic E-state index is 12.4. The second-order valence-corrected chi connectivity index (χ2v) is 5.53. The van der Waals surface area contributed by atoms with E-state index >= 15 is 0 Å². The first-order valence-corrected chi connectivity index (χ1v) is 7.15. The number of pyridine rings is 1. The highest BCUT2D eigenvalue weighted by Gasteiger charge is 2.08. The summed E-state index contributed by atoms with van der Waals surface area (Å²) in [4.78, 5) is 16.8. The van der Waals surface area contributed by atoms with Crippen molar-refractivity contribution in [3.8, 4) is 0 Å². The van der Waals surface area contributed by atoms with Gasteiger partial charge in [-0.2, -0.15) is 0 Å². The van der Waals surface area contributed by atoms with Crippen LogP contribution in [-0.2, 0) is 6.42 Å². The highest BCUT2D eigenvalue weighted by atomic mass is 35.5. The molecule has 0 saturated heterocycles. The predicted octanol–water partition coefficient (Wildman–Crippen LogP) is 4.62. The molecule has 2 aromatic carbocycles. The molecule has 3 aromatic rings. The number of carbonyl (C=O) groups is 1. The Morgan fingerprint density at radius 2 is 1.95 bits per heavy atom. The van der Waals surface area contributed by atoms with Gasteiger partial charge in [0.15, 0.2) is 5.78 Å². The summed E-state index contributed by atoms with van der Waals surface area (Å²) in [7, 11) is 0. The predicted molar refractivity (Wildman–Crippen MR) is 86.0 cm³/mol. The summed E-state index contributed by atoms with van der Waals surface area (Å²) in [6.07, 6.45) is 0.353. The van der Waals surface area contributed by atoms with Crippen LogP contribution < -0.4 is 0 Å². The fraction of sp³-hybridized carbons (Fsp3) is 0.111. The Balaban J connectivity index is 1.89. The number of halogens is 1. The van der Waals surface area contributed by atoms with E-state index in [0.717, 1.165) is 22.2 Å². The molecule has 0 aliphatic heterocycles. The first-order valence-electron chi connectivity index (χ1n) is 6.77. The lowest BCUT2D eigenvalue weighted by Crippen LogP contribution is -2.03. The summed E-state index contributed by atoms with van der Waals surface area (Å²) in [5.41, 5.74) is 3.51. The minimum absolute atomic E-state index is 0.0831. The van der Waals surface area contributed by atoms with E-state index in [4.69, 9.17) is 11.6 Å². The van der Waals surface area contributed by atoms with Gasteiger partial charge in [0.2, 0.25) is 0 Å². The number of hydrogen-bond donors (Lipinski definition) is 0. The standard InChI is InChI=1S/C18H14ClNO/c1-12-5-6-14-11-15(7-8-17(14)20-12)18(21)10-13-3-2-4-16(19)9-13/h2-9,11H,10H2,1H3. The van der Waals surface area contributed by atoms with Gasteiger partial charge in [-0.25, -0.2) is 0 Å². The Hall–Kier alpha value is -2.19. The molecule has 0 radical (unpaired) electrons. The number of carbonyl (C=O) groups excluding carboxylic acids is 1. The number of rotatable bonds is 3. The van der Waals surface area contributed by atoms with Gasteiger partial charge in [0.05, 0.1) is 5.52 Å². The highest BCUT2D eigenvalue weighted by Crippen LogP contribution is 2.17. The lowest BCUT2D eigenvalue weighted by molar-refractivity contribution is 0.0993. The lowest BCUT2D eigenvalue weighted by Gasteiger charge is -2.04. The van der Waals surface area contributed by atoms with E-state index in [1.54, 1.807) is 6.07 Å². The van der Waals surface area contributed by atoms with Gasteiger partial charge >= 0.3 is 0 Å². The van der Waals surface area contributed by atoms with E-state index in [2.05, 4.69) is 4.98 Å². The van der Waals surface area contributed by atoms with Gasteiger partial charge in [-0.1, -0.05) is 29.8 Å². The molecule has 3 heteroatoms. The van der Waals surface area contributed by atoms with Gasteiger partial charge in [0, 0.05) is 28.1 Å². The largest absolute Gasteiger partial charge is 0.294 e. The van der Waals surface area contributed by atoms with Crippen molar-refractivity contribution in [3.05, 3.63) is 76.4 Å². The van der Waals surface area contributed by atoms with Gasteiger partial charge in [-0.15, -0.1) is 0 Å². The van der Waals surface area contributed by atoms with Crippen LogP contribution in [0.4, 0.5) is 0 Å². The number of aromatic nitrogens is 1. The zero-order chi connectivity index (χ0) is 14.8. The Labute approximate surface area is 128 Å². The fourth-order valence-corrected chi connectivity index (χ4v) is 2.55.